The molecule has 0 spiro atoms. The van der Waals surface area contributed by atoms with E-state index in [0.29, 0.717) is 43.6 Å². The molecule has 0 atom stereocenters. The molecular weight excluding hydrogens is 801 g/mol. The molecule has 2 N–H and O–H groups in total. The van der Waals surface area contributed by atoms with Crippen LogP contribution in [0.15, 0.2) is 21.5 Å². The number of halogens is 4. The Kier molecular flexibility index (Phi) is 18.3. The van der Waals surface area contributed by atoms with Gasteiger partial charge < -0.3 is 29.6 Å². The van der Waals surface area contributed by atoms with E-state index in [9.17, 15) is 40.4 Å². The van der Waals surface area contributed by atoms with Crippen LogP contribution < -0.4 is 10.5 Å². The molecule has 57 heavy (non-hydrogen) atoms. The van der Waals surface area contributed by atoms with Crippen LogP contribution in [0, 0.1) is 29.2 Å². The Morgan fingerprint density at radius 2 is 1.54 bits per heavy atom. The summed E-state index contributed by atoms with van der Waals surface area (Å²) in [6, 6.07) is 2.05. The Morgan fingerprint density at radius 3 is 2.14 bits per heavy atom. The summed E-state index contributed by atoms with van der Waals surface area (Å²) in [5, 5.41) is 1.40. The smallest absolute Gasteiger partial charge is 0.313 e. The van der Waals surface area contributed by atoms with Crippen LogP contribution >= 0.6 is 11.3 Å². The van der Waals surface area contributed by atoms with Gasteiger partial charge in [-0.05, 0) is 57.1 Å². The summed E-state index contributed by atoms with van der Waals surface area (Å²) in [4.78, 5) is 50.0. The molecule has 14 nitrogen and oxygen atoms in total. The number of likely N-dealkylation sites (tertiary alicyclic amines) is 1. The Balaban J connectivity index is 1.05. The number of thiophene rings is 1. The fourth-order valence-electron chi connectivity index (χ4n) is 6.09. The van der Waals surface area contributed by atoms with Crippen LogP contribution in [0.1, 0.15) is 68.5 Å². The number of esters is 1. The van der Waals surface area contributed by atoms with Gasteiger partial charge >= 0.3 is 5.97 Å². The predicted molar refractivity (Wildman–Crippen MR) is 202 cm³/mol. The molecule has 0 saturated carbocycles. The zero-order valence-electron chi connectivity index (χ0n) is 31.8. The number of ether oxygens (including phenoxy) is 4. The molecular formula is C37H48F4N4O10S2. The van der Waals surface area contributed by atoms with Crippen LogP contribution in [-0.2, 0) is 50.6 Å². The van der Waals surface area contributed by atoms with Crippen LogP contribution in [0.25, 0.3) is 6.08 Å². The number of hydrogen-bond acceptors (Lipinski definition) is 13. The van der Waals surface area contributed by atoms with Crippen molar-refractivity contribution in [2.24, 2.45) is 16.6 Å². The average molecular weight is 849 g/mol. The summed E-state index contributed by atoms with van der Waals surface area (Å²) in [6.45, 7) is 6.61. The molecule has 20 heteroatoms. The first-order chi connectivity index (χ1) is 27.3. The van der Waals surface area contributed by atoms with Crippen LogP contribution in [0.3, 0.4) is 0 Å². The summed E-state index contributed by atoms with van der Waals surface area (Å²) in [6.07, 6.45) is 6.27. The highest BCUT2D eigenvalue weighted by Crippen LogP contribution is 2.36. The number of aliphatic imine (C=N–C) groups is 1. The van der Waals surface area contributed by atoms with Crippen molar-refractivity contribution in [3.05, 3.63) is 44.7 Å². The molecule has 0 radical (unpaired) electrons. The van der Waals surface area contributed by atoms with Gasteiger partial charge in [-0.3, -0.25) is 19.2 Å². The number of amides is 2. The normalized spacial score (nSPS) is 14.6. The van der Waals surface area contributed by atoms with Gasteiger partial charge in [0.25, 0.3) is 5.91 Å². The first-order valence-electron chi connectivity index (χ1n) is 18.7. The minimum absolute atomic E-state index is 0.0230. The molecule has 1 aromatic heterocycles. The number of piperidine rings is 1. The Morgan fingerprint density at radius 1 is 0.930 bits per heavy atom. The summed E-state index contributed by atoms with van der Waals surface area (Å²) in [5.74, 6) is -11.0. The lowest BCUT2D eigenvalue weighted by molar-refractivity contribution is -0.180. The predicted octanol–water partition coefficient (Wildman–Crippen LogP) is 4.85. The number of carbonyl (C=O) groups is 3. The zero-order valence-corrected chi connectivity index (χ0v) is 33.5. The maximum absolute atomic E-state index is 14.0. The molecule has 2 amide bonds. The standard InChI is InChI=1S/C37H48F4N4O10S2/c1-3-11-45(54-4-2)37(48)24-20-27-26(43-28(42)21-24)22-25(56-27)6-5-23-7-12-44(13-8-23)29(46)9-14-51-16-18-53-19-17-52-15-10-30(47)55-35-31(38)33(40)36(57(49)50)34(41)32(35)39/h20,22-23,57H,3-19,21H2,1-2H3,(H2,42,43). The van der Waals surface area contributed by atoms with E-state index >= 15 is 0 Å². The quantitative estimate of drug-likeness (QED) is 0.0315. The van der Waals surface area contributed by atoms with Gasteiger partial charge in [-0.25, -0.2) is 27.3 Å². The number of fused-ring (bicyclic) bond motifs is 1. The van der Waals surface area contributed by atoms with E-state index in [2.05, 4.69) is 9.73 Å². The van der Waals surface area contributed by atoms with E-state index in [1.807, 2.05) is 30.9 Å². The highest BCUT2D eigenvalue weighted by molar-refractivity contribution is 7.72. The molecule has 1 fully saturated rings. The molecule has 4 rings (SSSR count). The lowest BCUT2D eigenvalue weighted by atomic mass is 9.92. The number of carbonyl (C=O) groups excluding carboxylic acids is 3. The van der Waals surface area contributed by atoms with Crippen molar-refractivity contribution < 1.29 is 64.1 Å². The fourth-order valence-corrected chi connectivity index (χ4v) is 7.69. The molecule has 3 heterocycles. The van der Waals surface area contributed by atoms with Crippen LogP contribution in [0.5, 0.6) is 5.75 Å². The number of hydrogen-bond donors (Lipinski definition) is 2. The number of thiol groups is 1. The molecule has 0 bridgehead atoms. The van der Waals surface area contributed by atoms with Crippen LogP contribution in [-0.4, -0.2) is 108 Å². The number of hydroxylamine groups is 2. The summed E-state index contributed by atoms with van der Waals surface area (Å²) in [7, 11) is -3.98. The second-order valence-corrected chi connectivity index (χ2v) is 15.2. The SMILES string of the molecule is CCCN(OCC)C(=O)C1=Cc2sc(CCC3CCN(C(=O)CCOCCOCCOCCC(=O)Oc4c(F)c(F)c([SH](=O)=O)c(F)c4F)CC3)cc2N=C(N)C1. The number of benzene rings is 1. The van der Waals surface area contributed by atoms with Crippen LogP contribution in [0.4, 0.5) is 23.2 Å². The number of aryl methyl sites for hydroxylation is 1. The Labute approximate surface area is 333 Å². The largest absolute Gasteiger partial charge is 0.420 e. The highest BCUT2D eigenvalue weighted by atomic mass is 32.2. The summed E-state index contributed by atoms with van der Waals surface area (Å²) in [5.41, 5.74) is 7.51. The van der Waals surface area contributed by atoms with Gasteiger partial charge in [0, 0.05) is 36.5 Å². The second-order valence-electron chi connectivity index (χ2n) is 13.1. The van der Waals surface area contributed by atoms with E-state index < -0.39 is 57.0 Å². The van der Waals surface area contributed by atoms with Gasteiger partial charge in [-0.15, -0.1) is 11.3 Å². The second kappa shape index (κ2) is 22.8. The lowest BCUT2D eigenvalue weighted by Gasteiger charge is -2.32. The van der Waals surface area contributed by atoms with Crippen molar-refractivity contribution in [3.8, 4) is 5.75 Å². The van der Waals surface area contributed by atoms with E-state index in [1.165, 1.54) is 9.94 Å². The lowest BCUT2D eigenvalue weighted by Crippen LogP contribution is -2.39. The monoisotopic (exact) mass is 848 g/mol. The van der Waals surface area contributed by atoms with Crippen molar-refractivity contribution in [1.82, 2.24) is 9.96 Å². The van der Waals surface area contributed by atoms with Crippen molar-refractivity contribution in [2.45, 2.75) is 70.1 Å². The summed E-state index contributed by atoms with van der Waals surface area (Å²) < 4.78 is 97.6. The third-order valence-corrected chi connectivity index (χ3v) is 10.9. The Bertz CT molecular complexity index is 1820. The van der Waals surface area contributed by atoms with Crippen molar-refractivity contribution >= 4 is 57.4 Å². The molecule has 1 saturated heterocycles. The zero-order chi connectivity index (χ0) is 41.5. The molecule has 0 aliphatic carbocycles. The minimum atomic E-state index is -3.98. The van der Waals surface area contributed by atoms with Gasteiger partial charge in [-0.1, -0.05) is 6.92 Å². The Hall–Kier alpha value is -3.95. The third-order valence-electron chi connectivity index (χ3n) is 8.96. The molecule has 2 aliphatic rings. The van der Waals surface area contributed by atoms with Gasteiger partial charge in [0.2, 0.25) is 23.3 Å². The first-order valence-corrected chi connectivity index (χ1v) is 20.7. The third kappa shape index (κ3) is 13.3. The highest BCUT2D eigenvalue weighted by Gasteiger charge is 2.30. The molecule has 316 valence electrons. The summed E-state index contributed by atoms with van der Waals surface area (Å²) >= 11 is 1.62. The maximum atomic E-state index is 14.0. The van der Waals surface area contributed by atoms with Gasteiger partial charge in [0.05, 0.1) is 69.7 Å². The van der Waals surface area contributed by atoms with Crippen molar-refractivity contribution in [2.75, 3.05) is 65.9 Å². The average Bonchev–Trinajstić information content (AvgIpc) is 3.48. The molecule has 2 aromatic rings. The first kappa shape index (κ1) is 45.7. The van der Waals surface area contributed by atoms with Crippen molar-refractivity contribution in [1.29, 1.82) is 0 Å². The molecule has 2 aliphatic heterocycles. The van der Waals surface area contributed by atoms with Crippen molar-refractivity contribution in [3.63, 3.8) is 0 Å². The fraction of sp³-hybridized carbons (Fsp3) is 0.568. The molecule has 1 aromatic carbocycles. The van der Waals surface area contributed by atoms with Crippen LogP contribution in [0.2, 0.25) is 0 Å². The van der Waals surface area contributed by atoms with Gasteiger partial charge in [0.15, 0.2) is 22.3 Å². The van der Waals surface area contributed by atoms with Gasteiger partial charge in [0.1, 0.15) is 10.7 Å². The number of rotatable bonds is 22. The number of amidine groups is 1. The van der Waals surface area contributed by atoms with E-state index in [0.717, 1.165) is 42.7 Å². The van der Waals surface area contributed by atoms with Gasteiger partial charge in [-0.2, -0.15) is 8.78 Å². The number of nitrogens with zero attached hydrogens (tertiary/aromatic N) is 3. The molecule has 0 unspecified atom stereocenters. The maximum Gasteiger partial charge on any atom is 0.313 e. The van der Waals surface area contributed by atoms with E-state index in [4.69, 9.17) is 24.8 Å². The minimum Gasteiger partial charge on any atom is -0.420 e. The van der Waals surface area contributed by atoms with E-state index in [-0.39, 0.29) is 64.3 Å². The topological polar surface area (TPSA) is 176 Å². The number of nitrogens with two attached hydrogens (primary N) is 1. The van der Waals surface area contributed by atoms with E-state index in [1.54, 1.807) is 11.3 Å².